The van der Waals surface area contributed by atoms with Crippen molar-refractivity contribution in [1.29, 1.82) is 0 Å². The quantitative estimate of drug-likeness (QED) is 0.468. The highest BCUT2D eigenvalue weighted by Crippen LogP contribution is 2.33. The van der Waals surface area contributed by atoms with Gasteiger partial charge in [0.25, 0.3) is 0 Å². The van der Waals surface area contributed by atoms with Gasteiger partial charge in [0.1, 0.15) is 4.99 Å². The number of hydrogen-bond acceptors (Lipinski definition) is 6. The third kappa shape index (κ3) is 4.16. The summed E-state index contributed by atoms with van der Waals surface area (Å²) in [6.07, 6.45) is 1.39. The molecule has 0 aliphatic carbocycles. The van der Waals surface area contributed by atoms with Crippen LogP contribution in [0.1, 0.15) is 0 Å². The number of thiocarbonyl (C=S) groups is 1. The number of amidine groups is 1. The van der Waals surface area contributed by atoms with Gasteiger partial charge in [-0.05, 0) is 23.9 Å². The van der Waals surface area contributed by atoms with E-state index in [1.807, 2.05) is 35.2 Å². The fourth-order valence-corrected chi connectivity index (χ4v) is 3.16. The maximum atomic E-state index is 11.4. The van der Waals surface area contributed by atoms with Crippen LogP contribution in [-0.2, 0) is 14.3 Å². The third-order valence-electron chi connectivity index (χ3n) is 2.84. The number of ether oxygens (including phenoxy) is 2. The Morgan fingerprint density at radius 2 is 2.09 bits per heavy atom. The minimum Gasteiger partial charge on any atom is -0.466 e. The zero-order valence-electron chi connectivity index (χ0n) is 12.3. The second-order valence-corrected chi connectivity index (χ2v) is 5.71. The molecule has 2 rings (SSSR count). The van der Waals surface area contributed by atoms with E-state index in [2.05, 4.69) is 9.73 Å². The molecule has 0 N–H and O–H groups in total. The van der Waals surface area contributed by atoms with Crippen molar-refractivity contribution in [3.8, 4) is 0 Å². The van der Waals surface area contributed by atoms with Crippen molar-refractivity contribution < 1.29 is 14.3 Å². The normalized spacial score (nSPS) is 18.3. The van der Waals surface area contributed by atoms with E-state index < -0.39 is 5.97 Å². The van der Waals surface area contributed by atoms with Gasteiger partial charge in [-0.1, -0.05) is 30.4 Å². The Bertz CT molecular complexity index is 614. The lowest BCUT2D eigenvalue weighted by molar-refractivity contribution is -0.134. The van der Waals surface area contributed by atoms with E-state index in [1.54, 1.807) is 7.11 Å². The molecule has 0 atom stereocenters. The van der Waals surface area contributed by atoms with Crippen LogP contribution in [-0.4, -0.2) is 48.4 Å². The fraction of sp³-hybridized carbons (Fsp3) is 0.267. The van der Waals surface area contributed by atoms with Gasteiger partial charge in [0.05, 0.1) is 24.3 Å². The van der Waals surface area contributed by atoms with Crippen LogP contribution in [0, 0.1) is 0 Å². The average molecular weight is 336 g/mol. The first-order valence-electron chi connectivity index (χ1n) is 6.57. The summed E-state index contributed by atoms with van der Waals surface area (Å²) in [5.74, 6) is -0.433. The van der Waals surface area contributed by atoms with E-state index in [1.165, 1.54) is 24.9 Å². The predicted molar refractivity (Wildman–Crippen MR) is 92.4 cm³/mol. The van der Waals surface area contributed by atoms with Crippen LogP contribution in [0.5, 0.6) is 0 Å². The molecule has 0 bridgehead atoms. The molecule has 1 fully saturated rings. The van der Waals surface area contributed by atoms with Crippen LogP contribution in [0.3, 0.4) is 0 Å². The van der Waals surface area contributed by atoms with E-state index >= 15 is 0 Å². The molecule has 5 nitrogen and oxygen atoms in total. The van der Waals surface area contributed by atoms with Gasteiger partial charge in [-0.2, -0.15) is 0 Å². The Kier molecular flexibility index (Phi) is 6.11. The molecule has 1 saturated heterocycles. The van der Waals surface area contributed by atoms with Crippen LogP contribution in [0.4, 0.5) is 5.69 Å². The maximum absolute atomic E-state index is 11.4. The number of nitrogens with zero attached hydrogens (tertiary/aromatic N) is 2. The van der Waals surface area contributed by atoms with Gasteiger partial charge in [0.2, 0.25) is 0 Å². The molecule has 1 heterocycles. The number of carbonyl (C=O) groups is 1. The third-order valence-corrected chi connectivity index (χ3v) is 4.43. The highest BCUT2D eigenvalue weighted by molar-refractivity contribution is 8.19. The zero-order chi connectivity index (χ0) is 15.9. The standard InChI is InChI=1S/C15H16N2O3S2/c1-19-9-8-17-14(21)12(10-13(18)20-2)22-15(17)16-11-6-4-3-5-7-11/h3-7,10H,8-9H2,1-2H3. The van der Waals surface area contributed by atoms with E-state index in [0.717, 1.165) is 10.9 Å². The summed E-state index contributed by atoms with van der Waals surface area (Å²) in [5.41, 5.74) is 0.828. The summed E-state index contributed by atoms with van der Waals surface area (Å²) in [6, 6.07) is 9.59. The monoisotopic (exact) mass is 336 g/mol. The Labute approximate surface area is 139 Å². The van der Waals surface area contributed by atoms with Gasteiger partial charge in [-0.25, -0.2) is 9.79 Å². The molecule has 0 aromatic heterocycles. The van der Waals surface area contributed by atoms with Crippen molar-refractivity contribution in [2.75, 3.05) is 27.4 Å². The lowest BCUT2D eigenvalue weighted by atomic mass is 10.3. The van der Waals surface area contributed by atoms with Crippen molar-refractivity contribution in [1.82, 2.24) is 4.90 Å². The first-order chi connectivity index (χ1) is 10.7. The largest absolute Gasteiger partial charge is 0.466 e. The number of hydrogen-bond donors (Lipinski definition) is 0. The Morgan fingerprint density at radius 1 is 1.36 bits per heavy atom. The van der Waals surface area contributed by atoms with Crippen molar-refractivity contribution in [2.24, 2.45) is 4.99 Å². The Hall–Kier alpha value is -1.70. The van der Waals surface area contributed by atoms with Gasteiger partial charge in [-0.15, -0.1) is 0 Å². The van der Waals surface area contributed by atoms with E-state index in [-0.39, 0.29) is 0 Å². The van der Waals surface area contributed by atoms with Crippen LogP contribution >= 0.6 is 24.0 Å². The fourth-order valence-electron chi connectivity index (χ4n) is 1.75. The number of aliphatic imine (C=N–C) groups is 1. The SMILES string of the molecule is COCCN1C(=S)C(=CC(=O)OC)SC1=Nc1ccccc1. The molecule has 116 valence electrons. The molecule has 0 unspecified atom stereocenters. The van der Waals surface area contributed by atoms with Crippen LogP contribution < -0.4 is 0 Å². The van der Waals surface area contributed by atoms with Gasteiger partial charge in [0.15, 0.2) is 5.17 Å². The number of thioether (sulfide) groups is 1. The zero-order valence-corrected chi connectivity index (χ0v) is 13.9. The average Bonchev–Trinajstić information content (AvgIpc) is 2.81. The molecule has 0 spiro atoms. The van der Waals surface area contributed by atoms with E-state index in [0.29, 0.717) is 23.0 Å². The van der Waals surface area contributed by atoms with Crippen LogP contribution in [0.15, 0.2) is 46.3 Å². The molecule has 1 aliphatic heterocycles. The molecule has 1 aromatic rings. The molecular weight excluding hydrogens is 320 g/mol. The highest BCUT2D eigenvalue weighted by Gasteiger charge is 2.30. The second kappa shape index (κ2) is 8.07. The predicted octanol–water partition coefficient (Wildman–Crippen LogP) is 2.75. The number of para-hydroxylation sites is 1. The van der Waals surface area contributed by atoms with Crippen molar-refractivity contribution in [3.05, 3.63) is 41.3 Å². The van der Waals surface area contributed by atoms with Crippen LogP contribution in [0.25, 0.3) is 0 Å². The van der Waals surface area contributed by atoms with Gasteiger partial charge in [0, 0.05) is 19.7 Å². The van der Waals surface area contributed by atoms with E-state index in [9.17, 15) is 4.79 Å². The summed E-state index contributed by atoms with van der Waals surface area (Å²) >= 11 is 6.78. The van der Waals surface area contributed by atoms with Crippen molar-refractivity contribution in [2.45, 2.75) is 0 Å². The summed E-state index contributed by atoms with van der Waals surface area (Å²) < 4.78 is 9.77. The van der Waals surface area contributed by atoms with E-state index in [4.69, 9.17) is 17.0 Å². The first kappa shape index (κ1) is 16.7. The summed E-state index contributed by atoms with van der Waals surface area (Å²) in [6.45, 7) is 1.09. The van der Waals surface area contributed by atoms with Crippen molar-refractivity contribution in [3.63, 3.8) is 0 Å². The Morgan fingerprint density at radius 3 is 2.73 bits per heavy atom. The molecule has 0 radical (unpaired) electrons. The van der Waals surface area contributed by atoms with Gasteiger partial charge >= 0.3 is 5.97 Å². The molecule has 0 amide bonds. The summed E-state index contributed by atoms with van der Waals surface area (Å²) in [5, 5.41) is 0.725. The summed E-state index contributed by atoms with van der Waals surface area (Å²) in [7, 11) is 2.97. The second-order valence-electron chi connectivity index (χ2n) is 4.31. The highest BCUT2D eigenvalue weighted by atomic mass is 32.2. The summed E-state index contributed by atoms with van der Waals surface area (Å²) in [4.78, 5) is 19.1. The molecule has 1 aromatic carbocycles. The number of rotatable bonds is 5. The molecule has 0 saturated carbocycles. The minimum absolute atomic E-state index is 0.433. The first-order valence-corrected chi connectivity index (χ1v) is 7.80. The lowest BCUT2D eigenvalue weighted by Crippen LogP contribution is -2.31. The molecular formula is C15H16N2O3S2. The molecule has 22 heavy (non-hydrogen) atoms. The number of methoxy groups -OCH3 is 2. The topological polar surface area (TPSA) is 51.1 Å². The number of carbonyl (C=O) groups excluding carboxylic acids is 1. The van der Waals surface area contributed by atoms with Crippen LogP contribution in [0.2, 0.25) is 0 Å². The van der Waals surface area contributed by atoms with Gasteiger partial charge < -0.3 is 14.4 Å². The van der Waals surface area contributed by atoms with Crippen molar-refractivity contribution >= 4 is 45.8 Å². The maximum Gasteiger partial charge on any atom is 0.331 e. The minimum atomic E-state index is -0.433. The smallest absolute Gasteiger partial charge is 0.331 e. The molecule has 7 heteroatoms. The molecule has 1 aliphatic rings. The lowest BCUT2D eigenvalue weighted by Gasteiger charge is -2.16. The number of esters is 1. The van der Waals surface area contributed by atoms with Gasteiger partial charge in [-0.3, -0.25) is 0 Å². The number of benzene rings is 1. The Balaban J connectivity index is 2.30.